The van der Waals surface area contributed by atoms with Gasteiger partial charge >= 0.3 is 0 Å². The second kappa shape index (κ2) is 8.75. The Balaban J connectivity index is 1.60. The molecule has 1 N–H and O–H groups in total. The van der Waals surface area contributed by atoms with Crippen LogP contribution in [0.15, 0.2) is 82.7 Å². The number of nitrogens with one attached hydrogen (secondary N) is 1. The Morgan fingerprint density at radius 2 is 1.88 bits per heavy atom. The first-order chi connectivity index (χ1) is 16.0. The number of amides is 1. The summed E-state index contributed by atoms with van der Waals surface area (Å²) < 4.78 is 13.8. The summed E-state index contributed by atoms with van der Waals surface area (Å²) >= 11 is 0. The van der Waals surface area contributed by atoms with E-state index in [1.807, 2.05) is 55.5 Å². The number of fused-ring (bicyclic) bond motifs is 1. The zero-order valence-corrected chi connectivity index (χ0v) is 19.0. The fraction of sp³-hybridized carbons (Fsp3) is 0.192. The minimum absolute atomic E-state index is 0.110. The van der Waals surface area contributed by atoms with Gasteiger partial charge in [0.2, 0.25) is 5.43 Å². The van der Waals surface area contributed by atoms with E-state index in [4.69, 9.17) is 0 Å². The van der Waals surface area contributed by atoms with E-state index >= 15 is 0 Å². The molecule has 0 aliphatic heterocycles. The molecule has 1 fully saturated rings. The van der Waals surface area contributed by atoms with Crippen LogP contribution in [0.2, 0.25) is 0 Å². The maximum Gasteiger partial charge on any atom is 0.257 e. The van der Waals surface area contributed by atoms with Crippen LogP contribution in [-0.2, 0) is 10.8 Å². The molecule has 1 aliphatic carbocycles. The lowest BCUT2D eigenvalue weighted by atomic mass is 10.0. The summed E-state index contributed by atoms with van der Waals surface area (Å²) in [5.74, 6) is 0.232. The number of carbonyl (C=O) groups excluding carboxylic acids is 1. The average molecular weight is 458 g/mol. The van der Waals surface area contributed by atoms with Crippen molar-refractivity contribution in [1.82, 2.24) is 14.9 Å². The van der Waals surface area contributed by atoms with Crippen molar-refractivity contribution in [2.45, 2.75) is 30.7 Å². The van der Waals surface area contributed by atoms with Crippen molar-refractivity contribution < 1.29 is 9.00 Å². The molecule has 1 unspecified atom stereocenters. The lowest BCUT2D eigenvalue weighted by molar-refractivity contribution is 0.0949. The summed E-state index contributed by atoms with van der Waals surface area (Å²) in [4.78, 5) is 31.0. The highest BCUT2D eigenvalue weighted by molar-refractivity contribution is 7.85. The SMILES string of the molecule is CCS(=O)c1ccc(-c2cccc(-n3cc(C(=O)NC4CC4)c(=O)c4cccnc43)c2)cc1. The predicted octanol–water partition coefficient (Wildman–Crippen LogP) is 4.07. The fourth-order valence-electron chi connectivity index (χ4n) is 3.81. The van der Waals surface area contributed by atoms with Gasteiger partial charge in [0.15, 0.2) is 0 Å². The van der Waals surface area contributed by atoms with Crippen LogP contribution in [0, 0.1) is 0 Å². The molecule has 1 aliphatic rings. The van der Waals surface area contributed by atoms with Gasteiger partial charge in [0.25, 0.3) is 5.91 Å². The number of aromatic nitrogens is 2. The number of hydrogen-bond donors (Lipinski definition) is 1. The Hall–Kier alpha value is -3.58. The Morgan fingerprint density at radius 1 is 1.09 bits per heavy atom. The molecule has 7 heteroatoms. The quantitative estimate of drug-likeness (QED) is 0.473. The number of rotatable bonds is 6. The van der Waals surface area contributed by atoms with Crippen LogP contribution in [0.25, 0.3) is 27.8 Å². The van der Waals surface area contributed by atoms with Crippen LogP contribution in [0.4, 0.5) is 0 Å². The molecule has 5 rings (SSSR count). The molecule has 0 radical (unpaired) electrons. The van der Waals surface area contributed by atoms with E-state index in [2.05, 4.69) is 10.3 Å². The Bertz CT molecular complexity index is 1440. The zero-order chi connectivity index (χ0) is 22.9. The van der Waals surface area contributed by atoms with E-state index < -0.39 is 10.8 Å². The van der Waals surface area contributed by atoms with Gasteiger partial charge in [0, 0.05) is 34.8 Å². The van der Waals surface area contributed by atoms with Gasteiger partial charge in [0.1, 0.15) is 11.2 Å². The molecule has 1 atom stereocenters. The molecule has 4 aromatic rings. The average Bonchev–Trinajstić information content (AvgIpc) is 3.68. The van der Waals surface area contributed by atoms with Crippen LogP contribution in [-0.4, -0.2) is 31.5 Å². The van der Waals surface area contributed by atoms with Crippen molar-refractivity contribution in [1.29, 1.82) is 0 Å². The molecular weight excluding hydrogens is 434 g/mol. The first-order valence-corrected chi connectivity index (χ1v) is 12.3. The summed E-state index contributed by atoms with van der Waals surface area (Å²) in [6, 6.07) is 19.1. The normalized spacial score (nSPS) is 14.2. The summed E-state index contributed by atoms with van der Waals surface area (Å²) in [6.07, 6.45) is 5.12. The van der Waals surface area contributed by atoms with E-state index in [0.717, 1.165) is 34.6 Å². The highest BCUT2D eigenvalue weighted by atomic mass is 32.2. The Morgan fingerprint density at radius 3 is 2.61 bits per heavy atom. The first-order valence-electron chi connectivity index (χ1n) is 11.0. The number of pyridine rings is 2. The Kier molecular flexibility index (Phi) is 5.64. The van der Waals surface area contributed by atoms with E-state index in [1.54, 1.807) is 29.1 Å². The molecule has 0 bridgehead atoms. The highest BCUT2D eigenvalue weighted by Gasteiger charge is 2.26. The van der Waals surface area contributed by atoms with Crippen molar-refractivity contribution in [2.75, 3.05) is 5.75 Å². The maximum absolute atomic E-state index is 13.0. The molecule has 0 saturated heterocycles. The summed E-state index contributed by atoms with van der Waals surface area (Å²) in [7, 11) is -0.994. The van der Waals surface area contributed by atoms with Crippen molar-refractivity contribution in [2.24, 2.45) is 0 Å². The van der Waals surface area contributed by atoms with Gasteiger partial charge in [-0.2, -0.15) is 0 Å². The van der Waals surface area contributed by atoms with Gasteiger partial charge in [-0.15, -0.1) is 0 Å². The molecule has 166 valence electrons. The van der Waals surface area contributed by atoms with Crippen molar-refractivity contribution >= 4 is 27.7 Å². The lowest BCUT2D eigenvalue weighted by Crippen LogP contribution is -2.31. The topological polar surface area (TPSA) is 81.1 Å². The number of carbonyl (C=O) groups is 1. The van der Waals surface area contributed by atoms with Crippen molar-refractivity contribution in [3.8, 4) is 16.8 Å². The van der Waals surface area contributed by atoms with Crippen molar-refractivity contribution in [3.63, 3.8) is 0 Å². The fourth-order valence-corrected chi connectivity index (χ4v) is 4.58. The van der Waals surface area contributed by atoms with E-state index in [1.165, 1.54) is 0 Å². The highest BCUT2D eigenvalue weighted by Crippen LogP contribution is 2.25. The summed E-state index contributed by atoms with van der Waals surface area (Å²) in [5.41, 5.74) is 3.03. The summed E-state index contributed by atoms with van der Waals surface area (Å²) in [6.45, 7) is 1.90. The molecule has 0 spiro atoms. The second-order valence-corrected chi connectivity index (χ2v) is 9.81. The molecule has 2 aromatic heterocycles. The third-order valence-corrected chi connectivity index (χ3v) is 7.08. The van der Waals surface area contributed by atoms with Gasteiger partial charge in [-0.05, 0) is 60.4 Å². The molecule has 6 nitrogen and oxygen atoms in total. The van der Waals surface area contributed by atoms with E-state index in [0.29, 0.717) is 16.8 Å². The van der Waals surface area contributed by atoms with Crippen LogP contribution in [0.1, 0.15) is 30.1 Å². The van der Waals surface area contributed by atoms with Gasteiger partial charge < -0.3 is 9.88 Å². The number of nitrogens with zero attached hydrogens (tertiary/aromatic N) is 2. The zero-order valence-electron chi connectivity index (χ0n) is 18.2. The minimum Gasteiger partial charge on any atom is -0.349 e. The molecule has 2 aromatic carbocycles. The van der Waals surface area contributed by atoms with E-state index in [9.17, 15) is 13.8 Å². The van der Waals surface area contributed by atoms with Crippen LogP contribution < -0.4 is 10.7 Å². The van der Waals surface area contributed by atoms with Gasteiger partial charge in [-0.3, -0.25) is 13.8 Å². The van der Waals surface area contributed by atoms with Crippen molar-refractivity contribution in [3.05, 3.63) is 88.8 Å². The Labute approximate surface area is 193 Å². The third kappa shape index (κ3) is 4.24. The lowest BCUT2D eigenvalue weighted by Gasteiger charge is -2.14. The predicted molar refractivity (Wildman–Crippen MR) is 130 cm³/mol. The molecular formula is C26H23N3O3S. The molecule has 1 amide bonds. The maximum atomic E-state index is 13.0. The molecule has 33 heavy (non-hydrogen) atoms. The van der Waals surface area contributed by atoms with E-state index in [-0.39, 0.29) is 22.9 Å². The van der Waals surface area contributed by atoms with Crippen LogP contribution in [0.3, 0.4) is 0 Å². The minimum atomic E-state index is -0.994. The van der Waals surface area contributed by atoms with Crippen LogP contribution >= 0.6 is 0 Å². The van der Waals surface area contributed by atoms with Gasteiger partial charge in [0.05, 0.1) is 16.2 Å². The standard InChI is InChI=1S/C26H23N3O3S/c1-2-33(32)21-12-8-17(9-13-21)18-5-3-6-20(15-18)29-16-23(26(31)28-19-10-11-19)24(30)22-7-4-14-27-25(22)29/h3-9,12-16,19H,2,10-11H2,1H3,(H,28,31). The first kappa shape index (κ1) is 21.3. The molecule has 1 saturated carbocycles. The number of benzene rings is 2. The molecule has 2 heterocycles. The smallest absolute Gasteiger partial charge is 0.257 e. The summed E-state index contributed by atoms with van der Waals surface area (Å²) in [5, 5.41) is 3.31. The van der Waals surface area contributed by atoms with Crippen LogP contribution in [0.5, 0.6) is 0 Å². The van der Waals surface area contributed by atoms with Gasteiger partial charge in [-0.1, -0.05) is 31.2 Å². The number of hydrogen-bond acceptors (Lipinski definition) is 4. The third-order valence-electron chi connectivity index (χ3n) is 5.76. The van der Waals surface area contributed by atoms with Gasteiger partial charge in [-0.25, -0.2) is 4.98 Å². The largest absolute Gasteiger partial charge is 0.349 e. The monoisotopic (exact) mass is 457 g/mol. The second-order valence-electron chi connectivity index (χ2n) is 8.07.